The lowest BCUT2D eigenvalue weighted by atomic mass is 10.00. The molecule has 3 nitrogen and oxygen atoms in total. The molecule has 0 unspecified atom stereocenters. The number of para-hydroxylation sites is 1. The minimum Gasteiger partial charge on any atom is -0.368 e. The maximum atomic E-state index is 13.2. The lowest BCUT2D eigenvalue weighted by molar-refractivity contribution is 0.368. The third-order valence-electron chi connectivity index (χ3n) is 6.02. The molecule has 0 radical (unpaired) electrons. The Morgan fingerprint density at radius 3 is 2.26 bits per heavy atom. The molecule has 4 aromatic rings. The highest BCUT2D eigenvalue weighted by atomic mass is 19.1. The fourth-order valence-corrected chi connectivity index (χ4v) is 4.25. The molecule has 31 heavy (non-hydrogen) atoms. The molecular weight excluding hydrogens is 385 g/mol. The Kier molecular flexibility index (Phi) is 5.13. The summed E-state index contributed by atoms with van der Waals surface area (Å²) in [4.78, 5) is 9.19. The van der Waals surface area contributed by atoms with Crippen molar-refractivity contribution in [3.63, 3.8) is 0 Å². The van der Waals surface area contributed by atoms with Gasteiger partial charge in [-0.05, 0) is 41.5 Å². The Morgan fingerprint density at radius 2 is 1.52 bits per heavy atom. The van der Waals surface area contributed by atoms with Crippen molar-refractivity contribution < 1.29 is 4.39 Å². The highest BCUT2D eigenvalue weighted by Gasteiger charge is 2.19. The smallest absolute Gasteiger partial charge is 0.123 e. The van der Waals surface area contributed by atoms with Gasteiger partial charge in [0, 0.05) is 54.7 Å². The second-order valence-electron chi connectivity index (χ2n) is 7.86. The first-order valence-corrected chi connectivity index (χ1v) is 10.6. The zero-order valence-corrected chi connectivity index (χ0v) is 17.3. The van der Waals surface area contributed by atoms with Crippen LogP contribution in [0.3, 0.4) is 0 Å². The number of nitrogens with zero attached hydrogens (tertiary/aromatic N) is 3. The van der Waals surface area contributed by atoms with Gasteiger partial charge in [0.05, 0.1) is 5.52 Å². The number of anilines is 1. The van der Waals surface area contributed by atoms with Crippen LogP contribution in [0.15, 0.2) is 91.6 Å². The summed E-state index contributed by atoms with van der Waals surface area (Å²) in [5, 5.41) is 1.15. The van der Waals surface area contributed by atoms with E-state index in [1.165, 1.54) is 12.1 Å². The molecule has 2 heterocycles. The second kappa shape index (κ2) is 8.23. The Morgan fingerprint density at radius 1 is 0.806 bits per heavy atom. The molecule has 0 spiro atoms. The SMILES string of the molecule is C=C(c1ccc(-c2cccc3cccnc23)cc1)N1CCN(c2ccc(F)cc2)CC1. The summed E-state index contributed by atoms with van der Waals surface area (Å²) in [5.74, 6) is -0.196. The van der Waals surface area contributed by atoms with Gasteiger partial charge in [0.15, 0.2) is 0 Å². The van der Waals surface area contributed by atoms with Crippen LogP contribution in [0.2, 0.25) is 0 Å². The van der Waals surface area contributed by atoms with Crippen LogP contribution in [0.4, 0.5) is 10.1 Å². The standard InChI is InChI=1S/C27H24FN3/c1-20(30-16-18-31(19-17-30)25-13-11-24(28)12-14-25)21-7-9-22(10-8-21)26-6-2-4-23-5-3-15-29-27(23)26/h2-15H,1,16-19H2. The highest BCUT2D eigenvalue weighted by molar-refractivity contribution is 5.93. The number of hydrogen-bond acceptors (Lipinski definition) is 3. The zero-order chi connectivity index (χ0) is 21.2. The van der Waals surface area contributed by atoms with Crippen molar-refractivity contribution in [1.29, 1.82) is 0 Å². The quantitative estimate of drug-likeness (QED) is 0.422. The highest BCUT2D eigenvalue weighted by Crippen LogP contribution is 2.29. The fraction of sp³-hybridized carbons (Fsp3) is 0.148. The van der Waals surface area contributed by atoms with E-state index < -0.39 is 0 Å². The molecule has 0 bridgehead atoms. The number of hydrogen-bond donors (Lipinski definition) is 0. The van der Waals surface area contributed by atoms with Crippen LogP contribution >= 0.6 is 0 Å². The van der Waals surface area contributed by atoms with Crippen molar-refractivity contribution in [2.45, 2.75) is 0 Å². The van der Waals surface area contributed by atoms with E-state index in [1.54, 1.807) is 0 Å². The molecule has 1 aliphatic rings. The van der Waals surface area contributed by atoms with Gasteiger partial charge in [-0.25, -0.2) is 4.39 Å². The second-order valence-corrected chi connectivity index (χ2v) is 7.86. The van der Waals surface area contributed by atoms with Gasteiger partial charge in [0.2, 0.25) is 0 Å². The first-order chi connectivity index (χ1) is 15.2. The average Bonchev–Trinajstić information content (AvgIpc) is 2.84. The summed E-state index contributed by atoms with van der Waals surface area (Å²) < 4.78 is 13.2. The maximum absolute atomic E-state index is 13.2. The van der Waals surface area contributed by atoms with Crippen LogP contribution in [0.1, 0.15) is 5.56 Å². The Bertz CT molecular complexity index is 1200. The maximum Gasteiger partial charge on any atom is 0.123 e. The van der Waals surface area contributed by atoms with E-state index in [9.17, 15) is 4.39 Å². The van der Waals surface area contributed by atoms with Gasteiger partial charge in [0.1, 0.15) is 5.82 Å². The van der Waals surface area contributed by atoms with Gasteiger partial charge < -0.3 is 9.80 Å². The van der Waals surface area contributed by atoms with E-state index in [2.05, 4.69) is 69.9 Å². The van der Waals surface area contributed by atoms with E-state index in [0.29, 0.717) is 0 Å². The molecule has 0 N–H and O–H groups in total. The first kappa shape index (κ1) is 19.3. The number of benzene rings is 3. The molecule has 1 saturated heterocycles. The monoisotopic (exact) mass is 409 g/mol. The number of halogens is 1. The summed E-state index contributed by atoms with van der Waals surface area (Å²) in [5.41, 5.74) is 6.56. The molecule has 1 aromatic heterocycles. The van der Waals surface area contributed by atoms with Gasteiger partial charge in [-0.15, -0.1) is 0 Å². The summed E-state index contributed by atoms with van der Waals surface area (Å²) >= 11 is 0. The van der Waals surface area contributed by atoms with E-state index in [-0.39, 0.29) is 5.82 Å². The minimum absolute atomic E-state index is 0.196. The molecular formula is C27H24FN3. The third kappa shape index (κ3) is 3.89. The van der Waals surface area contributed by atoms with Crippen molar-refractivity contribution in [1.82, 2.24) is 9.88 Å². The minimum atomic E-state index is -0.196. The first-order valence-electron chi connectivity index (χ1n) is 10.6. The molecule has 154 valence electrons. The van der Waals surface area contributed by atoms with Crippen LogP contribution in [0.25, 0.3) is 27.7 Å². The van der Waals surface area contributed by atoms with E-state index in [0.717, 1.165) is 65.2 Å². The molecule has 1 fully saturated rings. The molecule has 0 saturated carbocycles. The lowest BCUT2D eigenvalue weighted by Crippen LogP contribution is -2.45. The van der Waals surface area contributed by atoms with Gasteiger partial charge in [-0.3, -0.25) is 4.98 Å². The van der Waals surface area contributed by atoms with Crippen LogP contribution in [0.5, 0.6) is 0 Å². The fourth-order valence-electron chi connectivity index (χ4n) is 4.25. The predicted molar refractivity (Wildman–Crippen MR) is 126 cm³/mol. The molecule has 5 rings (SSSR count). The Balaban J connectivity index is 1.29. The van der Waals surface area contributed by atoms with Crippen LogP contribution in [0, 0.1) is 5.82 Å². The van der Waals surface area contributed by atoms with Crippen molar-refractivity contribution in [3.8, 4) is 11.1 Å². The number of pyridine rings is 1. The third-order valence-corrected chi connectivity index (χ3v) is 6.02. The van der Waals surface area contributed by atoms with Crippen LogP contribution in [-0.2, 0) is 0 Å². The zero-order valence-electron chi connectivity index (χ0n) is 17.3. The average molecular weight is 410 g/mol. The Hall–Kier alpha value is -3.66. The van der Waals surface area contributed by atoms with E-state index in [1.807, 2.05) is 24.4 Å². The van der Waals surface area contributed by atoms with Crippen molar-refractivity contribution >= 4 is 22.3 Å². The largest absolute Gasteiger partial charge is 0.368 e. The van der Waals surface area contributed by atoms with Crippen LogP contribution in [-0.4, -0.2) is 36.1 Å². The number of fused-ring (bicyclic) bond motifs is 1. The van der Waals surface area contributed by atoms with Crippen molar-refractivity contribution in [2.75, 3.05) is 31.1 Å². The summed E-state index contributed by atoms with van der Waals surface area (Å²) in [6.45, 7) is 7.93. The number of rotatable bonds is 4. The summed E-state index contributed by atoms with van der Waals surface area (Å²) in [7, 11) is 0. The van der Waals surface area contributed by atoms with E-state index in [4.69, 9.17) is 0 Å². The molecule has 0 aliphatic carbocycles. The molecule has 0 atom stereocenters. The molecule has 3 aromatic carbocycles. The number of aromatic nitrogens is 1. The van der Waals surface area contributed by atoms with Crippen LogP contribution < -0.4 is 4.90 Å². The van der Waals surface area contributed by atoms with Gasteiger partial charge in [-0.2, -0.15) is 0 Å². The van der Waals surface area contributed by atoms with Crippen molar-refractivity contribution in [3.05, 3.63) is 103 Å². The summed E-state index contributed by atoms with van der Waals surface area (Å²) in [6, 6.07) is 25.7. The van der Waals surface area contributed by atoms with E-state index >= 15 is 0 Å². The van der Waals surface area contributed by atoms with Gasteiger partial charge >= 0.3 is 0 Å². The van der Waals surface area contributed by atoms with Gasteiger partial charge in [0.25, 0.3) is 0 Å². The summed E-state index contributed by atoms with van der Waals surface area (Å²) in [6.07, 6.45) is 1.84. The molecule has 1 aliphatic heterocycles. The number of piperazine rings is 1. The predicted octanol–water partition coefficient (Wildman–Crippen LogP) is 5.83. The van der Waals surface area contributed by atoms with Crippen molar-refractivity contribution in [2.24, 2.45) is 0 Å². The van der Waals surface area contributed by atoms with Gasteiger partial charge in [-0.1, -0.05) is 55.1 Å². The lowest BCUT2D eigenvalue weighted by Gasteiger charge is -2.38. The topological polar surface area (TPSA) is 19.4 Å². The normalized spacial score (nSPS) is 14.1. The molecule has 0 amide bonds. The molecule has 4 heteroatoms. The Labute approximate surface area is 182 Å².